The Morgan fingerprint density at radius 1 is 0.968 bits per heavy atom. The fourth-order valence-electron chi connectivity index (χ4n) is 4.03. The molecule has 0 amide bonds. The van der Waals surface area contributed by atoms with Crippen molar-refractivity contribution < 1.29 is 0 Å². The van der Waals surface area contributed by atoms with Crippen LogP contribution < -0.4 is 0 Å². The minimum Gasteiger partial charge on any atom is -0.353 e. The van der Waals surface area contributed by atoms with E-state index in [0.717, 1.165) is 61.7 Å². The summed E-state index contributed by atoms with van der Waals surface area (Å²) in [4.78, 5) is 17.1. The summed E-state index contributed by atoms with van der Waals surface area (Å²) in [6.45, 7) is 1.98. The van der Waals surface area contributed by atoms with E-state index in [1.807, 2.05) is 49.1 Å². The van der Waals surface area contributed by atoms with Gasteiger partial charge in [-0.05, 0) is 42.8 Å². The summed E-state index contributed by atoms with van der Waals surface area (Å²) < 4.78 is 2.04. The number of aryl methyl sites for hydroxylation is 1. The minimum atomic E-state index is 0.795. The first-order valence-corrected chi connectivity index (χ1v) is 10.1. The van der Waals surface area contributed by atoms with Gasteiger partial charge in [0.15, 0.2) is 0 Å². The monoisotopic (exact) mass is 405 g/mol. The molecule has 1 aromatic carbocycles. The van der Waals surface area contributed by atoms with Crippen LogP contribution in [0.3, 0.4) is 0 Å². The number of nitrogens with zero attached hydrogens (tertiary/aromatic N) is 5. The smallest absolute Gasteiger partial charge is 0.135 e. The molecule has 0 spiro atoms. The van der Waals surface area contributed by atoms with E-state index in [-0.39, 0.29) is 0 Å². The van der Waals surface area contributed by atoms with Gasteiger partial charge in [-0.3, -0.25) is 10.1 Å². The molecule has 0 saturated heterocycles. The molecular formula is C24H19N7. The lowest BCUT2D eigenvalue weighted by molar-refractivity contribution is 0.862. The summed E-state index contributed by atoms with van der Waals surface area (Å²) in [5.41, 5.74) is 8.53. The maximum Gasteiger partial charge on any atom is 0.135 e. The van der Waals surface area contributed by atoms with E-state index in [1.165, 1.54) is 0 Å². The van der Waals surface area contributed by atoms with Crippen molar-refractivity contribution in [1.82, 2.24) is 34.7 Å². The Kier molecular flexibility index (Phi) is 3.76. The van der Waals surface area contributed by atoms with Crippen molar-refractivity contribution in [1.29, 1.82) is 0 Å². The Labute approximate surface area is 177 Å². The zero-order valence-electron chi connectivity index (χ0n) is 17.1. The van der Waals surface area contributed by atoms with Crippen molar-refractivity contribution in [3.63, 3.8) is 0 Å². The van der Waals surface area contributed by atoms with Crippen molar-refractivity contribution in [2.75, 3.05) is 0 Å². The van der Waals surface area contributed by atoms with Gasteiger partial charge >= 0.3 is 0 Å². The van der Waals surface area contributed by atoms with E-state index in [2.05, 4.69) is 55.5 Å². The van der Waals surface area contributed by atoms with Gasteiger partial charge in [-0.15, -0.1) is 0 Å². The molecule has 0 aliphatic rings. The second-order valence-electron chi connectivity index (χ2n) is 7.61. The van der Waals surface area contributed by atoms with Crippen molar-refractivity contribution in [3.05, 3.63) is 72.9 Å². The number of aromatic amines is 2. The third-order valence-electron chi connectivity index (χ3n) is 5.78. The van der Waals surface area contributed by atoms with Gasteiger partial charge in [0.1, 0.15) is 17.0 Å². The van der Waals surface area contributed by atoms with E-state index >= 15 is 0 Å². The summed E-state index contributed by atoms with van der Waals surface area (Å²) in [5.74, 6) is 0.947. The highest BCUT2D eigenvalue weighted by molar-refractivity contribution is 6.00. The second-order valence-corrected chi connectivity index (χ2v) is 7.61. The zero-order valence-corrected chi connectivity index (χ0v) is 17.1. The number of imidazole rings is 1. The zero-order chi connectivity index (χ0) is 20.9. The molecular weight excluding hydrogens is 386 g/mol. The molecule has 150 valence electrons. The van der Waals surface area contributed by atoms with Crippen LogP contribution in [0.5, 0.6) is 0 Å². The lowest BCUT2D eigenvalue weighted by atomic mass is 10.0. The summed E-state index contributed by atoms with van der Waals surface area (Å²) in [5, 5.41) is 8.81. The van der Waals surface area contributed by atoms with Gasteiger partial charge in [-0.2, -0.15) is 5.10 Å². The molecule has 0 saturated carbocycles. The van der Waals surface area contributed by atoms with Gasteiger partial charge in [-0.1, -0.05) is 18.2 Å². The standard InChI is InChI=1S/C24H19N7/c1-14-26-13-22(31(14)2)19-8-9-20-23(28-19)24(30-29-20)21-11-17-16(6-3-7-18(17)27-21)15-5-4-10-25-12-15/h3-13,27H,1-2H3,(H,29,30). The molecule has 31 heavy (non-hydrogen) atoms. The molecule has 7 heteroatoms. The number of hydrogen-bond donors (Lipinski definition) is 2. The maximum atomic E-state index is 4.92. The van der Waals surface area contributed by atoms with Gasteiger partial charge in [-0.25, -0.2) is 9.97 Å². The Bertz CT molecular complexity index is 1550. The number of H-pyrrole nitrogens is 2. The lowest BCUT2D eigenvalue weighted by Crippen LogP contribution is -1.96. The van der Waals surface area contributed by atoms with Crippen LogP contribution in [0.2, 0.25) is 0 Å². The fraction of sp³-hybridized carbons (Fsp3) is 0.0833. The molecule has 0 unspecified atom stereocenters. The number of pyridine rings is 2. The van der Waals surface area contributed by atoms with Crippen LogP contribution in [0.4, 0.5) is 0 Å². The quantitative estimate of drug-likeness (QED) is 0.439. The van der Waals surface area contributed by atoms with Crippen molar-refractivity contribution in [2.45, 2.75) is 6.92 Å². The Hall–Kier alpha value is -4.26. The molecule has 0 radical (unpaired) electrons. The van der Waals surface area contributed by atoms with Gasteiger partial charge in [0.25, 0.3) is 0 Å². The van der Waals surface area contributed by atoms with Crippen LogP contribution in [0, 0.1) is 6.92 Å². The first-order chi connectivity index (χ1) is 15.2. The first kappa shape index (κ1) is 17.6. The van der Waals surface area contributed by atoms with Gasteiger partial charge in [0.2, 0.25) is 0 Å². The van der Waals surface area contributed by atoms with E-state index in [1.54, 1.807) is 6.20 Å². The number of hydrogen-bond acceptors (Lipinski definition) is 4. The molecule has 6 rings (SSSR count). The van der Waals surface area contributed by atoms with Crippen LogP contribution in [0.25, 0.3) is 55.8 Å². The molecule has 7 nitrogen and oxygen atoms in total. The molecule has 0 aliphatic carbocycles. The number of nitrogens with one attached hydrogen (secondary N) is 2. The normalized spacial score (nSPS) is 11.5. The van der Waals surface area contributed by atoms with E-state index in [0.29, 0.717) is 0 Å². The highest BCUT2D eigenvalue weighted by atomic mass is 15.1. The Morgan fingerprint density at radius 2 is 1.90 bits per heavy atom. The largest absolute Gasteiger partial charge is 0.353 e. The summed E-state index contributed by atoms with van der Waals surface area (Å²) >= 11 is 0. The summed E-state index contributed by atoms with van der Waals surface area (Å²) in [6.07, 6.45) is 5.52. The fourth-order valence-corrected chi connectivity index (χ4v) is 4.03. The van der Waals surface area contributed by atoms with E-state index in [4.69, 9.17) is 4.98 Å². The average molecular weight is 405 g/mol. The van der Waals surface area contributed by atoms with Gasteiger partial charge < -0.3 is 9.55 Å². The Morgan fingerprint density at radius 3 is 2.71 bits per heavy atom. The molecule has 0 atom stereocenters. The van der Waals surface area contributed by atoms with E-state index in [9.17, 15) is 0 Å². The van der Waals surface area contributed by atoms with Crippen LogP contribution in [-0.2, 0) is 7.05 Å². The van der Waals surface area contributed by atoms with Crippen LogP contribution in [0.1, 0.15) is 5.82 Å². The lowest BCUT2D eigenvalue weighted by Gasteiger charge is -2.03. The molecule has 0 aliphatic heterocycles. The highest BCUT2D eigenvalue weighted by Gasteiger charge is 2.16. The minimum absolute atomic E-state index is 0.795. The third kappa shape index (κ3) is 2.74. The molecule has 5 heterocycles. The van der Waals surface area contributed by atoms with Gasteiger partial charge in [0.05, 0.1) is 28.8 Å². The van der Waals surface area contributed by atoms with Crippen LogP contribution in [0.15, 0.2) is 67.1 Å². The second kappa shape index (κ2) is 6.63. The van der Waals surface area contributed by atoms with E-state index < -0.39 is 0 Å². The summed E-state index contributed by atoms with van der Waals surface area (Å²) in [7, 11) is 2.00. The SMILES string of the molecule is Cc1ncc(-c2ccc3[nH]nc(-c4cc5c(-c6cccnc6)cccc5[nH]4)c3n2)n1C. The number of aromatic nitrogens is 7. The molecule has 0 fully saturated rings. The Balaban J connectivity index is 1.52. The van der Waals surface area contributed by atoms with Crippen molar-refractivity contribution in [3.8, 4) is 33.9 Å². The number of benzene rings is 1. The molecule has 0 bridgehead atoms. The highest BCUT2D eigenvalue weighted by Crippen LogP contribution is 2.34. The third-order valence-corrected chi connectivity index (χ3v) is 5.78. The molecule has 2 N–H and O–H groups in total. The van der Waals surface area contributed by atoms with Crippen LogP contribution in [-0.4, -0.2) is 34.7 Å². The first-order valence-electron chi connectivity index (χ1n) is 10.1. The predicted molar refractivity (Wildman–Crippen MR) is 121 cm³/mol. The number of fused-ring (bicyclic) bond motifs is 2. The van der Waals surface area contributed by atoms with Crippen LogP contribution >= 0.6 is 0 Å². The van der Waals surface area contributed by atoms with Crippen molar-refractivity contribution >= 4 is 21.9 Å². The number of rotatable bonds is 3. The van der Waals surface area contributed by atoms with Crippen molar-refractivity contribution in [2.24, 2.45) is 7.05 Å². The topological polar surface area (TPSA) is 88.1 Å². The molecule has 6 aromatic rings. The summed E-state index contributed by atoms with van der Waals surface area (Å²) in [6, 6.07) is 16.4. The average Bonchev–Trinajstić information content (AvgIpc) is 3.50. The molecule has 5 aromatic heterocycles. The van der Waals surface area contributed by atoms with Gasteiger partial charge in [0, 0.05) is 35.9 Å². The maximum absolute atomic E-state index is 4.92. The predicted octanol–water partition coefficient (Wildman–Crippen LogP) is 4.88.